The van der Waals surface area contributed by atoms with Crippen LogP contribution in [0.25, 0.3) is 0 Å². The molecule has 0 aromatic heterocycles. The second-order valence-electron chi connectivity index (χ2n) is 7.30. The lowest BCUT2D eigenvalue weighted by Gasteiger charge is -2.47. The van der Waals surface area contributed by atoms with E-state index in [9.17, 15) is 0 Å². The molecule has 0 aromatic rings. The van der Waals surface area contributed by atoms with Crippen molar-refractivity contribution in [3.05, 3.63) is 0 Å². The molecule has 2 heterocycles. The minimum atomic E-state index is 0.342. The Balaban J connectivity index is 1.64. The SMILES string of the molecule is CC1(C)CCC(N2CCN3CCCCC3C2)C1N. The lowest BCUT2D eigenvalue weighted by atomic mass is 9.86. The van der Waals surface area contributed by atoms with Gasteiger partial charge >= 0.3 is 0 Å². The van der Waals surface area contributed by atoms with E-state index < -0.39 is 0 Å². The Morgan fingerprint density at radius 2 is 1.78 bits per heavy atom. The molecule has 104 valence electrons. The highest BCUT2D eigenvalue weighted by Gasteiger charge is 2.43. The summed E-state index contributed by atoms with van der Waals surface area (Å²) in [6, 6.07) is 1.83. The molecular weight excluding hydrogens is 222 g/mol. The first kappa shape index (κ1) is 12.9. The molecule has 3 nitrogen and oxygen atoms in total. The Hall–Kier alpha value is -0.120. The average Bonchev–Trinajstić information content (AvgIpc) is 2.64. The average molecular weight is 251 g/mol. The third-order valence-corrected chi connectivity index (χ3v) is 5.74. The van der Waals surface area contributed by atoms with Crippen LogP contribution in [-0.2, 0) is 0 Å². The van der Waals surface area contributed by atoms with Crippen molar-refractivity contribution < 1.29 is 0 Å². The fraction of sp³-hybridized carbons (Fsp3) is 1.00. The zero-order chi connectivity index (χ0) is 12.8. The van der Waals surface area contributed by atoms with E-state index in [1.165, 1.54) is 58.3 Å². The van der Waals surface area contributed by atoms with Crippen molar-refractivity contribution >= 4 is 0 Å². The molecule has 0 bridgehead atoms. The number of nitrogens with two attached hydrogens (primary N) is 1. The maximum atomic E-state index is 6.50. The molecule has 0 amide bonds. The summed E-state index contributed by atoms with van der Waals surface area (Å²) in [6.07, 6.45) is 6.84. The van der Waals surface area contributed by atoms with Gasteiger partial charge in [-0.25, -0.2) is 0 Å². The van der Waals surface area contributed by atoms with Gasteiger partial charge in [-0.05, 0) is 37.6 Å². The molecule has 0 radical (unpaired) electrons. The van der Waals surface area contributed by atoms with Gasteiger partial charge in [0.1, 0.15) is 0 Å². The van der Waals surface area contributed by atoms with Gasteiger partial charge in [-0.15, -0.1) is 0 Å². The molecule has 3 unspecified atom stereocenters. The van der Waals surface area contributed by atoms with Crippen LogP contribution in [0.2, 0.25) is 0 Å². The van der Waals surface area contributed by atoms with E-state index in [2.05, 4.69) is 23.6 Å². The zero-order valence-electron chi connectivity index (χ0n) is 12.1. The number of hydrogen-bond acceptors (Lipinski definition) is 3. The Morgan fingerprint density at radius 1 is 1.00 bits per heavy atom. The summed E-state index contributed by atoms with van der Waals surface area (Å²) < 4.78 is 0. The molecule has 3 heteroatoms. The van der Waals surface area contributed by atoms with E-state index in [0.29, 0.717) is 17.5 Å². The van der Waals surface area contributed by atoms with E-state index in [0.717, 1.165) is 6.04 Å². The van der Waals surface area contributed by atoms with E-state index in [1.807, 2.05) is 0 Å². The molecule has 1 saturated carbocycles. The van der Waals surface area contributed by atoms with Crippen LogP contribution >= 0.6 is 0 Å². The fourth-order valence-corrected chi connectivity index (χ4v) is 4.28. The minimum Gasteiger partial charge on any atom is -0.326 e. The Morgan fingerprint density at radius 3 is 2.50 bits per heavy atom. The Bertz CT molecular complexity index is 302. The van der Waals surface area contributed by atoms with Crippen LogP contribution in [0.1, 0.15) is 46.0 Å². The molecule has 18 heavy (non-hydrogen) atoms. The molecule has 3 aliphatic rings. The molecule has 3 fully saturated rings. The van der Waals surface area contributed by atoms with Crippen LogP contribution in [0, 0.1) is 5.41 Å². The molecule has 1 aliphatic carbocycles. The van der Waals surface area contributed by atoms with E-state index >= 15 is 0 Å². The highest BCUT2D eigenvalue weighted by molar-refractivity contribution is 5.01. The number of piperidine rings is 1. The van der Waals surface area contributed by atoms with Crippen molar-refractivity contribution in [2.45, 2.75) is 64.1 Å². The van der Waals surface area contributed by atoms with Gasteiger partial charge in [0.2, 0.25) is 0 Å². The first-order valence-corrected chi connectivity index (χ1v) is 7.81. The number of nitrogens with zero attached hydrogens (tertiary/aromatic N) is 2. The van der Waals surface area contributed by atoms with Crippen molar-refractivity contribution in [2.75, 3.05) is 26.2 Å². The standard InChI is InChI=1S/C15H29N3/c1-15(2)7-6-13(14(15)16)18-10-9-17-8-4-3-5-12(17)11-18/h12-14H,3-11,16H2,1-2H3. The second-order valence-corrected chi connectivity index (χ2v) is 7.30. The van der Waals surface area contributed by atoms with Gasteiger partial charge in [0, 0.05) is 37.8 Å². The van der Waals surface area contributed by atoms with Gasteiger partial charge in [0.25, 0.3) is 0 Å². The third-order valence-electron chi connectivity index (χ3n) is 5.74. The van der Waals surface area contributed by atoms with Gasteiger partial charge in [0.15, 0.2) is 0 Å². The van der Waals surface area contributed by atoms with Crippen LogP contribution in [0.4, 0.5) is 0 Å². The highest BCUT2D eigenvalue weighted by Crippen LogP contribution is 2.39. The topological polar surface area (TPSA) is 32.5 Å². The number of hydrogen-bond donors (Lipinski definition) is 1. The molecule has 0 spiro atoms. The summed E-state index contributed by atoms with van der Waals surface area (Å²) in [5.41, 5.74) is 6.84. The van der Waals surface area contributed by atoms with Crippen molar-refractivity contribution in [1.29, 1.82) is 0 Å². The summed E-state index contributed by atoms with van der Waals surface area (Å²) in [6.45, 7) is 9.80. The van der Waals surface area contributed by atoms with Crippen LogP contribution < -0.4 is 5.73 Å². The lowest BCUT2D eigenvalue weighted by molar-refractivity contribution is 0.0220. The zero-order valence-corrected chi connectivity index (χ0v) is 12.1. The summed E-state index contributed by atoms with van der Waals surface area (Å²) in [7, 11) is 0. The smallest absolute Gasteiger partial charge is 0.0253 e. The maximum Gasteiger partial charge on any atom is 0.0253 e. The first-order chi connectivity index (χ1) is 8.58. The van der Waals surface area contributed by atoms with Gasteiger partial charge in [0.05, 0.1) is 0 Å². The molecule has 0 aromatic carbocycles. The quantitative estimate of drug-likeness (QED) is 0.769. The van der Waals surface area contributed by atoms with E-state index in [-0.39, 0.29) is 0 Å². The normalized spacial score (nSPS) is 41.8. The summed E-state index contributed by atoms with van der Waals surface area (Å²) in [5.74, 6) is 0. The van der Waals surface area contributed by atoms with Crippen molar-refractivity contribution in [3.8, 4) is 0 Å². The molecule has 2 N–H and O–H groups in total. The molecule has 2 aliphatic heterocycles. The first-order valence-electron chi connectivity index (χ1n) is 7.81. The van der Waals surface area contributed by atoms with Gasteiger partial charge in [-0.1, -0.05) is 20.3 Å². The lowest BCUT2D eigenvalue weighted by Crippen LogP contribution is -2.60. The van der Waals surface area contributed by atoms with Gasteiger partial charge < -0.3 is 5.73 Å². The largest absolute Gasteiger partial charge is 0.326 e. The van der Waals surface area contributed by atoms with Crippen molar-refractivity contribution in [2.24, 2.45) is 11.1 Å². The number of rotatable bonds is 1. The summed E-state index contributed by atoms with van der Waals surface area (Å²) >= 11 is 0. The van der Waals surface area contributed by atoms with Gasteiger partial charge in [-0.2, -0.15) is 0 Å². The van der Waals surface area contributed by atoms with Crippen molar-refractivity contribution in [3.63, 3.8) is 0 Å². The van der Waals surface area contributed by atoms with Gasteiger partial charge in [-0.3, -0.25) is 9.80 Å². The fourth-order valence-electron chi connectivity index (χ4n) is 4.28. The van der Waals surface area contributed by atoms with E-state index in [4.69, 9.17) is 5.73 Å². The van der Waals surface area contributed by atoms with Crippen LogP contribution in [-0.4, -0.2) is 54.1 Å². The Kier molecular flexibility index (Phi) is 3.41. The number of piperazine rings is 1. The molecule has 2 saturated heterocycles. The maximum absolute atomic E-state index is 6.50. The third kappa shape index (κ3) is 2.21. The molecule has 3 rings (SSSR count). The highest BCUT2D eigenvalue weighted by atomic mass is 15.3. The summed E-state index contributed by atoms with van der Waals surface area (Å²) in [4.78, 5) is 5.43. The number of fused-ring (bicyclic) bond motifs is 1. The van der Waals surface area contributed by atoms with Crippen LogP contribution in [0.5, 0.6) is 0 Å². The van der Waals surface area contributed by atoms with Crippen LogP contribution in [0.15, 0.2) is 0 Å². The predicted octanol–water partition coefficient (Wildman–Crippen LogP) is 1.67. The van der Waals surface area contributed by atoms with E-state index in [1.54, 1.807) is 0 Å². The summed E-state index contributed by atoms with van der Waals surface area (Å²) in [5, 5.41) is 0. The predicted molar refractivity (Wildman–Crippen MR) is 75.6 cm³/mol. The van der Waals surface area contributed by atoms with Crippen LogP contribution in [0.3, 0.4) is 0 Å². The minimum absolute atomic E-state index is 0.342. The molecule has 3 atom stereocenters. The monoisotopic (exact) mass is 251 g/mol. The second kappa shape index (κ2) is 4.77. The Labute approximate surface area is 112 Å². The molecular formula is C15H29N3. The van der Waals surface area contributed by atoms with Crippen molar-refractivity contribution in [1.82, 2.24) is 9.80 Å².